The molecule has 2 N–H and O–H groups in total. The maximum atomic E-state index is 12.5. The molecule has 1 aliphatic carbocycles. The van der Waals surface area contributed by atoms with Crippen LogP contribution in [0.3, 0.4) is 0 Å². The number of nitrogens with one attached hydrogen (secondary N) is 1. The molecule has 6 nitrogen and oxygen atoms in total. The van der Waals surface area contributed by atoms with Gasteiger partial charge in [0.25, 0.3) is 0 Å². The van der Waals surface area contributed by atoms with Gasteiger partial charge in [-0.25, -0.2) is 9.59 Å². The first-order valence-corrected chi connectivity index (χ1v) is 7.70. The topological polar surface area (TPSA) is 78.9 Å². The molecule has 1 saturated heterocycles. The van der Waals surface area contributed by atoms with Crippen LogP contribution in [0, 0.1) is 5.92 Å². The predicted molar refractivity (Wildman–Crippen MR) is 78.1 cm³/mol. The highest BCUT2D eigenvalue weighted by molar-refractivity contribution is 5.83. The summed E-state index contributed by atoms with van der Waals surface area (Å²) in [6.45, 7) is 4.13. The molecule has 0 aromatic carbocycles. The number of hydrogen-bond acceptors (Lipinski definition) is 3. The minimum atomic E-state index is -0.898. The van der Waals surface area contributed by atoms with Crippen molar-refractivity contribution in [1.82, 2.24) is 10.2 Å². The van der Waals surface area contributed by atoms with Gasteiger partial charge in [0.05, 0.1) is 5.60 Å². The van der Waals surface area contributed by atoms with E-state index in [1.807, 2.05) is 13.8 Å². The van der Waals surface area contributed by atoms with Crippen LogP contribution in [0.1, 0.15) is 46.0 Å². The summed E-state index contributed by atoms with van der Waals surface area (Å²) in [5.74, 6) is -0.563. The summed E-state index contributed by atoms with van der Waals surface area (Å²) in [4.78, 5) is 25.5. The van der Waals surface area contributed by atoms with Crippen LogP contribution in [0.5, 0.6) is 0 Å². The van der Waals surface area contributed by atoms with Crippen molar-refractivity contribution in [1.29, 1.82) is 0 Å². The van der Waals surface area contributed by atoms with E-state index < -0.39 is 17.6 Å². The van der Waals surface area contributed by atoms with Gasteiger partial charge in [-0.3, -0.25) is 0 Å². The molecule has 2 aliphatic rings. The molecule has 1 saturated carbocycles. The number of aliphatic carboxylic acids is 1. The Morgan fingerprint density at radius 2 is 2.00 bits per heavy atom. The van der Waals surface area contributed by atoms with Crippen molar-refractivity contribution >= 4 is 12.0 Å². The largest absolute Gasteiger partial charge is 0.480 e. The molecule has 2 fully saturated rings. The van der Waals surface area contributed by atoms with Crippen molar-refractivity contribution in [3.8, 4) is 0 Å². The highest BCUT2D eigenvalue weighted by atomic mass is 16.5. The van der Waals surface area contributed by atoms with E-state index >= 15 is 0 Å². The number of likely N-dealkylation sites (tertiary alicyclic amines) is 1. The molecule has 21 heavy (non-hydrogen) atoms. The van der Waals surface area contributed by atoms with Crippen LogP contribution in [0.2, 0.25) is 0 Å². The molecule has 0 bridgehead atoms. The summed E-state index contributed by atoms with van der Waals surface area (Å²) in [5.41, 5.74) is -0.458. The molecule has 0 spiro atoms. The smallest absolute Gasteiger partial charge is 0.326 e. The molecule has 3 atom stereocenters. The second kappa shape index (κ2) is 6.22. The standard InChI is InChI=1S/C15H26N2O4/c1-15(2,21-3)9-16-14(20)17-11-7-5-4-6-10(11)8-12(17)13(18)19/h10-12H,4-9H2,1-3H3,(H,16,20)(H,18,19). The number of carboxylic acid groups (broad SMARTS) is 1. The molecule has 1 heterocycles. The van der Waals surface area contributed by atoms with E-state index in [1.165, 1.54) is 0 Å². The van der Waals surface area contributed by atoms with Crippen molar-refractivity contribution in [2.45, 2.75) is 63.6 Å². The third-order valence-electron chi connectivity index (χ3n) is 4.83. The zero-order valence-corrected chi connectivity index (χ0v) is 13.1. The molecule has 2 rings (SSSR count). The monoisotopic (exact) mass is 298 g/mol. The fraction of sp³-hybridized carbons (Fsp3) is 0.867. The predicted octanol–water partition coefficient (Wildman–Crippen LogP) is 1.84. The van der Waals surface area contributed by atoms with Gasteiger partial charge in [0.2, 0.25) is 0 Å². The third kappa shape index (κ3) is 3.48. The summed E-state index contributed by atoms with van der Waals surface area (Å²) in [6.07, 6.45) is 4.74. The minimum absolute atomic E-state index is 0.0745. The van der Waals surface area contributed by atoms with Crippen LogP contribution in [0.25, 0.3) is 0 Å². The lowest BCUT2D eigenvalue weighted by Gasteiger charge is -2.34. The van der Waals surface area contributed by atoms with Gasteiger partial charge in [0.15, 0.2) is 0 Å². The van der Waals surface area contributed by atoms with Gasteiger partial charge in [0, 0.05) is 19.7 Å². The van der Waals surface area contributed by atoms with Gasteiger partial charge in [-0.1, -0.05) is 12.8 Å². The summed E-state index contributed by atoms with van der Waals surface area (Å²) in [6, 6.07) is -0.892. The zero-order valence-electron chi connectivity index (χ0n) is 13.1. The second-order valence-electron chi connectivity index (χ2n) is 6.73. The first-order valence-electron chi connectivity index (χ1n) is 7.70. The van der Waals surface area contributed by atoms with E-state index in [2.05, 4.69) is 5.32 Å². The van der Waals surface area contributed by atoms with Crippen LogP contribution in [-0.4, -0.2) is 53.3 Å². The molecule has 6 heteroatoms. The highest BCUT2D eigenvalue weighted by Gasteiger charge is 2.47. The number of amides is 2. The van der Waals surface area contributed by atoms with Crippen LogP contribution >= 0.6 is 0 Å². The molecule has 0 aromatic rings. The SMILES string of the molecule is COC(C)(C)CNC(=O)N1C(C(=O)O)CC2CCCCC21. The molecule has 3 unspecified atom stereocenters. The molecular weight excluding hydrogens is 272 g/mol. The van der Waals surface area contributed by atoms with E-state index in [1.54, 1.807) is 12.0 Å². The number of fused-ring (bicyclic) bond motifs is 1. The fourth-order valence-corrected chi connectivity index (χ4v) is 3.42. The third-order valence-corrected chi connectivity index (χ3v) is 4.83. The molecule has 1 aliphatic heterocycles. The number of ether oxygens (including phenoxy) is 1. The quantitative estimate of drug-likeness (QED) is 0.830. The Labute approximate surface area is 125 Å². The molecule has 0 aromatic heterocycles. The van der Waals surface area contributed by atoms with Gasteiger partial charge in [-0.05, 0) is 39.0 Å². The van der Waals surface area contributed by atoms with Gasteiger partial charge >= 0.3 is 12.0 Å². The second-order valence-corrected chi connectivity index (χ2v) is 6.73. The van der Waals surface area contributed by atoms with Crippen LogP contribution < -0.4 is 5.32 Å². The molecular formula is C15H26N2O4. The average Bonchev–Trinajstić information content (AvgIpc) is 2.84. The van der Waals surface area contributed by atoms with E-state index in [-0.39, 0.29) is 12.1 Å². The number of carbonyl (C=O) groups is 2. The Balaban J connectivity index is 2.06. The maximum absolute atomic E-state index is 12.5. The number of carbonyl (C=O) groups excluding carboxylic acids is 1. The molecule has 0 radical (unpaired) electrons. The number of methoxy groups -OCH3 is 1. The Morgan fingerprint density at radius 3 is 2.62 bits per heavy atom. The fourth-order valence-electron chi connectivity index (χ4n) is 3.42. The summed E-state index contributed by atoms with van der Waals surface area (Å²) in [5, 5.41) is 12.2. The highest BCUT2D eigenvalue weighted by Crippen LogP contribution is 2.39. The summed E-state index contributed by atoms with van der Waals surface area (Å²) < 4.78 is 5.28. The van der Waals surface area contributed by atoms with E-state index in [0.29, 0.717) is 18.9 Å². The van der Waals surface area contributed by atoms with Crippen molar-refractivity contribution in [3.05, 3.63) is 0 Å². The molecule has 120 valence electrons. The number of hydrogen-bond donors (Lipinski definition) is 2. The lowest BCUT2D eigenvalue weighted by Crippen LogP contribution is -2.53. The number of urea groups is 1. The Bertz CT molecular complexity index is 410. The summed E-state index contributed by atoms with van der Waals surface area (Å²) in [7, 11) is 1.60. The number of rotatable bonds is 4. The van der Waals surface area contributed by atoms with E-state index in [4.69, 9.17) is 4.74 Å². The van der Waals surface area contributed by atoms with Crippen LogP contribution in [-0.2, 0) is 9.53 Å². The van der Waals surface area contributed by atoms with Crippen molar-refractivity contribution in [2.24, 2.45) is 5.92 Å². The van der Waals surface area contributed by atoms with Crippen molar-refractivity contribution < 1.29 is 19.4 Å². The first kappa shape index (κ1) is 16.1. The van der Waals surface area contributed by atoms with E-state index in [0.717, 1.165) is 25.7 Å². The van der Waals surface area contributed by atoms with Gasteiger partial charge in [0.1, 0.15) is 6.04 Å². The average molecular weight is 298 g/mol. The van der Waals surface area contributed by atoms with Gasteiger partial charge in [-0.2, -0.15) is 0 Å². The van der Waals surface area contributed by atoms with Gasteiger partial charge in [-0.15, -0.1) is 0 Å². The minimum Gasteiger partial charge on any atom is -0.480 e. The number of nitrogens with zero attached hydrogens (tertiary/aromatic N) is 1. The Morgan fingerprint density at radius 1 is 1.33 bits per heavy atom. The van der Waals surface area contributed by atoms with Crippen molar-refractivity contribution in [3.63, 3.8) is 0 Å². The normalized spacial score (nSPS) is 29.1. The lowest BCUT2D eigenvalue weighted by molar-refractivity contribution is -0.141. The Hall–Kier alpha value is -1.30. The van der Waals surface area contributed by atoms with Crippen LogP contribution in [0.15, 0.2) is 0 Å². The van der Waals surface area contributed by atoms with Crippen molar-refractivity contribution in [2.75, 3.05) is 13.7 Å². The molecule has 2 amide bonds. The van der Waals surface area contributed by atoms with Gasteiger partial charge < -0.3 is 20.1 Å². The number of carboxylic acids is 1. The first-order chi connectivity index (χ1) is 9.85. The lowest BCUT2D eigenvalue weighted by atomic mass is 9.85. The Kier molecular flexibility index (Phi) is 4.76. The summed E-state index contributed by atoms with van der Waals surface area (Å²) >= 11 is 0. The zero-order chi connectivity index (χ0) is 15.6. The van der Waals surface area contributed by atoms with E-state index in [9.17, 15) is 14.7 Å². The van der Waals surface area contributed by atoms with Crippen LogP contribution in [0.4, 0.5) is 4.79 Å². The maximum Gasteiger partial charge on any atom is 0.326 e.